The first kappa shape index (κ1) is 16.2. The Kier molecular flexibility index (Phi) is 4.23. The molecule has 2 fully saturated rings. The van der Waals surface area contributed by atoms with Crippen LogP contribution in [0.5, 0.6) is 0 Å². The van der Waals surface area contributed by atoms with Crippen LogP contribution in [0.4, 0.5) is 5.69 Å². The lowest BCUT2D eigenvalue weighted by atomic mass is 9.66. The molecule has 6 heteroatoms. The second-order valence-electron chi connectivity index (χ2n) is 7.04. The summed E-state index contributed by atoms with van der Waals surface area (Å²) in [6.45, 7) is 0.699. The number of carbonyl (C=O) groups is 1. The minimum atomic E-state index is -0.173. The van der Waals surface area contributed by atoms with Gasteiger partial charge in [0.1, 0.15) is 0 Å². The second-order valence-corrected chi connectivity index (χ2v) is 7.04. The summed E-state index contributed by atoms with van der Waals surface area (Å²) in [7, 11) is 0. The van der Waals surface area contributed by atoms with Crippen LogP contribution in [0, 0.1) is 5.92 Å². The highest BCUT2D eigenvalue weighted by atomic mass is 16.5. The second kappa shape index (κ2) is 6.54. The summed E-state index contributed by atoms with van der Waals surface area (Å²) >= 11 is 0. The van der Waals surface area contributed by atoms with E-state index in [0.29, 0.717) is 18.1 Å². The van der Waals surface area contributed by atoms with E-state index in [0.717, 1.165) is 31.2 Å². The van der Waals surface area contributed by atoms with Gasteiger partial charge in [-0.3, -0.25) is 4.79 Å². The van der Waals surface area contributed by atoms with Gasteiger partial charge in [0.25, 0.3) is 0 Å². The smallest absolute Gasteiger partial charge is 0.227 e. The maximum absolute atomic E-state index is 12.4. The molecule has 1 aromatic heterocycles. The lowest BCUT2D eigenvalue weighted by molar-refractivity contribution is -0.166. The third-order valence-corrected chi connectivity index (χ3v) is 5.09. The molecule has 2 aliphatic rings. The number of hydrogen-bond donors (Lipinski definition) is 2. The molecule has 1 saturated carbocycles. The summed E-state index contributed by atoms with van der Waals surface area (Å²) in [5.74, 6) is 0.620. The van der Waals surface area contributed by atoms with Gasteiger partial charge in [-0.1, -0.05) is 30.3 Å². The van der Waals surface area contributed by atoms with E-state index in [-0.39, 0.29) is 23.5 Å². The van der Waals surface area contributed by atoms with Crippen LogP contribution in [-0.4, -0.2) is 34.1 Å². The number of rotatable bonds is 3. The molecule has 2 heterocycles. The van der Waals surface area contributed by atoms with Crippen molar-refractivity contribution < 1.29 is 9.53 Å². The first-order chi connectivity index (χ1) is 12.1. The SMILES string of the molecule is NC1CCOC2(C1)CC(C(=O)Nc1cnc(-c3ccccc3)nc1)C2. The standard InChI is InChI=1S/C19H22N4O2/c20-15-6-7-25-19(10-15)8-14(9-19)18(24)23-16-11-21-17(22-12-16)13-4-2-1-3-5-13/h1-5,11-12,14-15H,6-10,20H2,(H,23,24). The van der Waals surface area contributed by atoms with Crippen molar-refractivity contribution in [2.24, 2.45) is 11.7 Å². The quantitative estimate of drug-likeness (QED) is 0.897. The maximum Gasteiger partial charge on any atom is 0.227 e. The Morgan fingerprint density at radius 1 is 1.16 bits per heavy atom. The first-order valence-electron chi connectivity index (χ1n) is 8.71. The highest BCUT2D eigenvalue weighted by Gasteiger charge is 2.50. The van der Waals surface area contributed by atoms with E-state index < -0.39 is 0 Å². The van der Waals surface area contributed by atoms with Gasteiger partial charge in [0.05, 0.1) is 23.7 Å². The summed E-state index contributed by atoms with van der Waals surface area (Å²) in [6.07, 6.45) is 6.55. The average molecular weight is 338 g/mol. The van der Waals surface area contributed by atoms with Gasteiger partial charge in [0.15, 0.2) is 5.82 Å². The Morgan fingerprint density at radius 3 is 2.56 bits per heavy atom. The summed E-state index contributed by atoms with van der Waals surface area (Å²) in [5, 5.41) is 2.91. The molecule has 0 radical (unpaired) electrons. The van der Waals surface area contributed by atoms with E-state index in [4.69, 9.17) is 10.5 Å². The molecule has 1 saturated heterocycles. The number of ether oxygens (including phenoxy) is 1. The largest absolute Gasteiger partial charge is 0.375 e. The number of nitrogens with zero attached hydrogens (tertiary/aromatic N) is 2. The Morgan fingerprint density at radius 2 is 1.88 bits per heavy atom. The molecular weight excluding hydrogens is 316 g/mol. The monoisotopic (exact) mass is 338 g/mol. The van der Waals surface area contributed by atoms with Crippen LogP contribution >= 0.6 is 0 Å². The number of aromatic nitrogens is 2. The van der Waals surface area contributed by atoms with E-state index in [2.05, 4.69) is 15.3 Å². The Labute approximate surface area is 146 Å². The van der Waals surface area contributed by atoms with Crippen LogP contribution in [0.25, 0.3) is 11.4 Å². The number of anilines is 1. The van der Waals surface area contributed by atoms with Crippen molar-refractivity contribution in [1.29, 1.82) is 0 Å². The fourth-order valence-corrected chi connectivity index (χ4v) is 3.75. The minimum absolute atomic E-state index is 0.00410. The Bertz CT molecular complexity index is 742. The third-order valence-electron chi connectivity index (χ3n) is 5.09. The van der Waals surface area contributed by atoms with E-state index in [1.807, 2.05) is 30.3 Å². The molecule has 1 atom stereocenters. The molecule has 6 nitrogen and oxygen atoms in total. The van der Waals surface area contributed by atoms with Crippen molar-refractivity contribution in [3.8, 4) is 11.4 Å². The number of nitrogens with one attached hydrogen (secondary N) is 1. The lowest BCUT2D eigenvalue weighted by Crippen LogP contribution is -2.55. The topological polar surface area (TPSA) is 90.1 Å². The highest BCUT2D eigenvalue weighted by Crippen LogP contribution is 2.46. The van der Waals surface area contributed by atoms with Crippen molar-refractivity contribution in [1.82, 2.24) is 9.97 Å². The zero-order valence-corrected chi connectivity index (χ0v) is 14.0. The zero-order chi connectivity index (χ0) is 17.3. The molecule has 1 spiro atoms. The fraction of sp³-hybridized carbons (Fsp3) is 0.421. The predicted molar refractivity (Wildman–Crippen MR) is 94.7 cm³/mol. The molecular formula is C19H22N4O2. The van der Waals surface area contributed by atoms with E-state index in [9.17, 15) is 4.79 Å². The van der Waals surface area contributed by atoms with Gasteiger partial charge < -0.3 is 15.8 Å². The third kappa shape index (κ3) is 3.41. The molecule has 1 aliphatic carbocycles. The molecule has 0 bridgehead atoms. The van der Waals surface area contributed by atoms with Crippen LogP contribution in [0.15, 0.2) is 42.7 Å². The molecule has 1 unspecified atom stereocenters. The summed E-state index contributed by atoms with van der Waals surface area (Å²) in [6, 6.07) is 9.94. The van der Waals surface area contributed by atoms with Crippen molar-refractivity contribution in [3.05, 3.63) is 42.7 Å². The molecule has 2 aromatic rings. The predicted octanol–water partition coefficient (Wildman–Crippen LogP) is 2.37. The van der Waals surface area contributed by atoms with E-state index in [1.165, 1.54) is 0 Å². The molecule has 25 heavy (non-hydrogen) atoms. The zero-order valence-electron chi connectivity index (χ0n) is 14.0. The van der Waals surface area contributed by atoms with Crippen LogP contribution in [0.2, 0.25) is 0 Å². The number of amides is 1. The number of hydrogen-bond acceptors (Lipinski definition) is 5. The summed E-state index contributed by atoms with van der Waals surface area (Å²) < 4.78 is 5.88. The lowest BCUT2D eigenvalue weighted by Gasteiger charge is -2.50. The molecule has 130 valence electrons. The Balaban J connectivity index is 1.34. The van der Waals surface area contributed by atoms with E-state index >= 15 is 0 Å². The van der Waals surface area contributed by atoms with Gasteiger partial charge in [0.2, 0.25) is 5.91 Å². The Hall–Kier alpha value is -2.31. The molecule has 4 rings (SSSR count). The van der Waals surface area contributed by atoms with Crippen molar-refractivity contribution in [2.75, 3.05) is 11.9 Å². The summed E-state index contributed by atoms with van der Waals surface area (Å²) in [5.41, 5.74) is 7.43. The normalized spacial score (nSPS) is 28.4. The van der Waals surface area contributed by atoms with Crippen LogP contribution < -0.4 is 11.1 Å². The minimum Gasteiger partial charge on any atom is -0.375 e. The summed E-state index contributed by atoms with van der Waals surface area (Å²) in [4.78, 5) is 21.1. The number of nitrogens with two attached hydrogens (primary N) is 1. The van der Waals surface area contributed by atoms with Gasteiger partial charge >= 0.3 is 0 Å². The van der Waals surface area contributed by atoms with Crippen LogP contribution in [-0.2, 0) is 9.53 Å². The van der Waals surface area contributed by atoms with Crippen LogP contribution in [0.1, 0.15) is 25.7 Å². The highest BCUT2D eigenvalue weighted by molar-refractivity contribution is 5.93. The van der Waals surface area contributed by atoms with E-state index in [1.54, 1.807) is 12.4 Å². The molecule has 1 aliphatic heterocycles. The van der Waals surface area contributed by atoms with Crippen molar-refractivity contribution >= 4 is 11.6 Å². The van der Waals surface area contributed by atoms with Gasteiger partial charge in [-0.05, 0) is 25.7 Å². The van der Waals surface area contributed by atoms with Gasteiger partial charge in [-0.2, -0.15) is 0 Å². The van der Waals surface area contributed by atoms with Crippen LogP contribution in [0.3, 0.4) is 0 Å². The number of carbonyl (C=O) groups excluding carboxylic acids is 1. The van der Waals surface area contributed by atoms with Gasteiger partial charge in [0, 0.05) is 24.1 Å². The van der Waals surface area contributed by atoms with Crippen molar-refractivity contribution in [2.45, 2.75) is 37.3 Å². The average Bonchev–Trinajstić information content (AvgIpc) is 2.61. The van der Waals surface area contributed by atoms with Crippen molar-refractivity contribution in [3.63, 3.8) is 0 Å². The first-order valence-corrected chi connectivity index (χ1v) is 8.71. The molecule has 1 amide bonds. The van der Waals surface area contributed by atoms with Gasteiger partial charge in [-0.15, -0.1) is 0 Å². The molecule has 1 aromatic carbocycles. The maximum atomic E-state index is 12.4. The molecule has 3 N–H and O–H groups in total. The number of benzene rings is 1. The fourth-order valence-electron chi connectivity index (χ4n) is 3.75. The van der Waals surface area contributed by atoms with Gasteiger partial charge in [-0.25, -0.2) is 9.97 Å².